The largest absolute Gasteiger partial charge is 0.462 e. The standard InChI is InChI=1S/C17H30O2/c1-7-14(4)11-12-15(5)9-8-10-17(18)19-16(6)13(2)3/h11,13-14,16H,7-10H2,1-6H3. The highest BCUT2D eigenvalue weighted by Crippen LogP contribution is 2.11. The van der Waals surface area contributed by atoms with E-state index in [1.807, 2.05) is 6.92 Å². The van der Waals surface area contributed by atoms with E-state index in [2.05, 4.69) is 46.4 Å². The molecule has 0 aromatic heterocycles. The number of carbonyl (C=O) groups excluding carboxylic acids is 1. The normalized spacial score (nSPS) is 13.6. The Morgan fingerprint density at radius 1 is 1.21 bits per heavy atom. The Bertz CT molecular complexity index is 322. The van der Waals surface area contributed by atoms with Crippen LogP contribution in [0.15, 0.2) is 17.4 Å². The minimum atomic E-state index is -0.0834. The minimum absolute atomic E-state index is 0.00874. The fraction of sp³-hybridized carbons (Fsp3) is 0.765. The van der Waals surface area contributed by atoms with E-state index in [0.29, 0.717) is 18.3 Å². The predicted molar refractivity (Wildman–Crippen MR) is 81.0 cm³/mol. The van der Waals surface area contributed by atoms with Crippen LogP contribution in [-0.4, -0.2) is 12.1 Å². The van der Waals surface area contributed by atoms with Crippen LogP contribution in [0.5, 0.6) is 0 Å². The van der Waals surface area contributed by atoms with Gasteiger partial charge in [0.1, 0.15) is 6.10 Å². The molecule has 110 valence electrons. The quantitative estimate of drug-likeness (QED) is 0.462. The first-order valence-electron chi connectivity index (χ1n) is 7.48. The smallest absolute Gasteiger partial charge is 0.306 e. The summed E-state index contributed by atoms with van der Waals surface area (Å²) in [6, 6.07) is 0. The first kappa shape index (κ1) is 18.0. The molecule has 2 heteroatoms. The van der Waals surface area contributed by atoms with Crippen LogP contribution in [0.2, 0.25) is 0 Å². The molecule has 0 rings (SSSR count). The van der Waals surface area contributed by atoms with Gasteiger partial charge in [-0.1, -0.05) is 27.7 Å². The van der Waals surface area contributed by atoms with Crippen LogP contribution in [0, 0.1) is 11.8 Å². The summed E-state index contributed by atoms with van der Waals surface area (Å²) >= 11 is 0. The average Bonchev–Trinajstić information content (AvgIpc) is 2.35. The summed E-state index contributed by atoms with van der Waals surface area (Å²) in [7, 11) is 0. The van der Waals surface area contributed by atoms with Gasteiger partial charge in [-0.25, -0.2) is 0 Å². The van der Waals surface area contributed by atoms with Crippen molar-refractivity contribution in [2.24, 2.45) is 11.8 Å². The molecule has 0 aliphatic carbocycles. The maximum atomic E-state index is 11.6. The van der Waals surface area contributed by atoms with Crippen molar-refractivity contribution in [2.75, 3.05) is 0 Å². The third-order valence-corrected chi connectivity index (χ3v) is 3.45. The van der Waals surface area contributed by atoms with Gasteiger partial charge in [0, 0.05) is 6.42 Å². The van der Waals surface area contributed by atoms with E-state index in [0.717, 1.165) is 19.3 Å². The van der Waals surface area contributed by atoms with E-state index in [9.17, 15) is 4.79 Å². The molecule has 0 amide bonds. The van der Waals surface area contributed by atoms with E-state index in [4.69, 9.17) is 4.74 Å². The minimum Gasteiger partial charge on any atom is -0.462 e. The van der Waals surface area contributed by atoms with Gasteiger partial charge in [0.25, 0.3) is 0 Å². The van der Waals surface area contributed by atoms with E-state index < -0.39 is 0 Å². The topological polar surface area (TPSA) is 26.3 Å². The van der Waals surface area contributed by atoms with E-state index >= 15 is 0 Å². The molecule has 19 heavy (non-hydrogen) atoms. The lowest BCUT2D eigenvalue weighted by Crippen LogP contribution is -2.19. The molecule has 0 aliphatic rings. The third-order valence-electron chi connectivity index (χ3n) is 3.45. The first-order valence-corrected chi connectivity index (χ1v) is 7.48. The van der Waals surface area contributed by atoms with Crippen molar-refractivity contribution in [1.82, 2.24) is 0 Å². The highest BCUT2D eigenvalue weighted by atomic mass is 16.5. The molecule has 0 N–H and O–H groups in total. The molecule has 2 nitrogen and oxygen atoms in total. The van der Waals surface area contributed by atoms with Crippen molar-refractivity contribution >= 4 is 5.97 Å². The molecule has 0 aromatic carbocycles. The van der Waals surface area contributed by atoms with Crippen molar-refractivity contribution in [3.05, 3.63) is 17.4 Å². The molecule has 0 heterocycles. The zero-order chi connectivity index (χ0) is 14.8. The van der Waals surface area contributed by atoms with Gasteiger partial charge < -0.3 is 4.74 Å². The molecular formula is C17H30O2. The lowest BCUT2D eigenvalue weighted by Gasteiger charge is -2.16. The van der Waals surface area contributed by atoms with Gasteiger partial charge >= 0.3 is 5.97 Å². The fourth-order valence-electron chi connectivity index (χ4n) is 1.37. The van der Waals surface area contributed by atoms with Crippen LogP contribution in [0.25, 0.3) is 0 Å². The van der Waals surface area contributed by atoms with E-state index in [-0.39, 0.29) is 12.1 Å². The molecule has 0 spiro atoms. The number of ether oxygens (including phenoxy) is 1. The molecule has 0 aliphatic heterocycles. The Labute approximate surface area is 118 Å². The van der Waals surface area contributed by atoms with Crippen LogP contribution in [0.1, 0.15) is 67.2 Å². The number of esters is 1. The highest BCUT2D eigenvalue weighted by Gasteiger charge is 2.12. The molecular weight excluding hydrogens is 236 g/mol. The molecule has 0 bridgehead atoms. The SMILES string of the molecule is CCC(C)C=C=C(C)CCCC(=O)OC(C)C(C)C. The van der Waals surface area contributed by atoms with Crippen molar-refractivity contribution in [2.45, 2.75) is 73.3 Å². The molecule has 2 unspecified atom stereocenters. The van der Waals surface area contributed by atoms with E-state index in [1.165, 1.54) is 5.57 Å². The summed E-state index contributed by atoms with van der Waals surface area (Å²) < 4.78 is 5.33. The van der Waals surface area contributed by atoms with Gasteiger partial charge in [-0.05, 0) is 56.6 Å². The maximum absolute atomic E-state index is 11.6. The molecule has 0 saturated carbocycles. The summed E-state index contributed by atoms with van der Waals surface area (Å²) in [5.74, 6) is 0.871. The molecule has 0 fully saturated rings. The summed E-state index contributed by atoms with van der Waals surface area (Å²) in [6.45, 7) is 12.5. The number of hydrogen-bond acceptors (Lipinski definition) is 2. The Kier molecular flexibility index (Phi) is 9.34. The lowest BCUT2D eigenvalue weighted by atomic mass is 10.1. The number of rotatable bonds is 8. The van der Waals surface area contributed by atoms with Crippen LogP contribution in [0.4, 0.5) is 0 Å². The third kappa shape index (κ3) is 9.55. The maximum Gasteiger partial charge on any atom is 0.306 e. The summed E-state index contributed by atoms with van der Waals surface area (Å²) in [6.07, 6.45) is 5.53. The highest BCUT2D eigenvalue weighted by molar-refractivity contribution is 5.69. The average molecular weight is 266 g/mol. The summed E-state index contributed by atoms with van der Waals surface area (Å²) in [5, 5.41) is 0. The zero-order valence-corrected chi connectivity index (χ0v) is 13.5. The van der Waals surface area contributed by atoms with Crippen molar-refractivity contribution < 1.29 is 9.53 Å². The van der Waals surface area contributed by atoms with Gasteiger partial charge in [-0.3, -0.25) is 4.79 Å². The van der Waals surface area contributed by atoms with Gasteiger partial charge in [0.05, 0.1) is 0 Å². The van der Waals surface area contributed by atoms with E-state index in [1.54, 1.807) is 0 Å². The summed E-state index contributed by atoms with van der Waals surface area (Å²) in [5.41, 5.74) is 4.52. The Balaban J connectivity index is 3.97. The zero-order valence-electron chi connectivity index (χ0n) is 13.5. The Hall–Kier alpha value is -1.01. The van der Waals surface area contributed by atoms with Gasteiger partial charge in [0.2, 0.25) is 0 Å². The predicted octanol–water partition coefficient (Wildman–Crippen LogP) is 4.89. The monoisotopic (exact) mass is 266 g/mol. The Morgan fingerprint density at radius 2 is 1.84 bits per heavy atom. The van der Waals surface area contributed by atoms with Gasteiger partial charge in [-0.2, -0.15) is 0 Å². The number of hydrogen-bond donors (Lipinski definition) is 0. The molecule has 0 saturated heterocycles. The number of carbonyl (C=O) groups is 1. The molecule has 0 aromatic rings. The Morgan fingerprint density at radius 3 is 2.37 bits per heavy atom. The second kappa shape index (κ2) is 9.86. The second-order valence-electron chi connectivity index (χ2n) is 5.77. The molecule has 2 atom stereocenters. The van der Waals surface area contributed by atoms with Crippen molar-refractivity contribution in [3.63, 3.8) is 0 Å². The van der Waals surface area contributed by atoms with Crippen LogP contribution < -0.4 is 0 Å². The first-order chi connectivity index (χ1) is 8.86. The van der Waals surface area contributed by atoms with Crippen LogP contribution in [0.3, 0.4) is 0 Å². The summed E-state index contributed by atoms with van der Waals surface area (Å²) in [4.78, 5) is 11.6. The van der Waals surface area contributed by atoms with Gasteiger partial charge in [-0.15, -0.1) is 5.73 Å². The fourth-order valence-corrected chi connectivity index (χ4v) is 1.37. The van der Waals surface area contributed by atoms with Crippen LogP contribution in [-0.2, 0) is 9.53 Å². The molecule has 0 radical (unpaired) electrons. The van der Waals surface area contributed by atoms with Crippen LogP contribution >= 0.6 is 0 Å². The van der Waals surface area contributed by atoms with Crippen molar-refractivity contribution in [1.29, 1.82) is 0 Å². The van der Waals surface area contributed by atoms with Crippen molar-refractivity contribution in [3.8, 4) is 0 Å². The lowest BCUT2D eigenvalue weighted by molar-refractivity contribution is -0.150. The van der Waals surface area contributed by atoms with Gasteiger partial charge in [0.15, 0.2) is 0 Å². The second-order valence-corrected chi connectivity index (χ2v) is 5.77. The number of allylic oxidation sites excluding steroid dienone is 1.